The van der Waals surface area contributed by atoms with Gasteiger partial charge in [-0.1, -0.05) is 73.0 Å². The lowest BCUT2D eigenvalue weighted by Gasteiger charge is -2.20. The SMILES string of the molecule is Cc1ccc2c(=O)nc3n(C)nc(N4CCCCCC4)n3c2c1.Cc1ccc2c(c1)c(=O)nc1n(CC=Cc3ccccc3)nc(N3CCCC3)n21. The Morgan fingerprint density at radius 3 is 1.96 bits per heavy atom. The second-order valence-electron chi connectivity index (χ2n) is 14.0. The fourth-order valence-corrected chi connectivity index (χ4v) is 7.42. The second kappa shape index (κ2) is 14.1. The molecule has 0 aliphatic carbocycles. The Kier molecular flexibility index (Phi) is 9.04. The number of rotatable bonds is 5. The Morgan fingerprint density at radius 2 is 1.23 bits per heavy atom. The van der Waals surface area contributed by atoms with Crippen molar-refractivity contribution in [3.63, 3.8) is 0 Å². The fraction of sp³-hybridized carbons (Fsp3) is 0.350. The molecule has 0 unspecified atom stereocenters. The first kappa shape index (κ1) is 33.4. The minimum Gasteiger partial charge on any atom is -0.341 e. The van der Waals surface area contributed by atoms with Gasteiger partial charge in [-0.05, 0) is 74.9 Å². The molecule has 266 valence electrons. The molecule has 0 spiro atoms. The highest BCUT2D eigenvalue weighted by atomic mass is 16.1. The molecule has 0 amide bonds. The number of hydrogen-bond acceptors (Lipinski definition) is 8. The molecule has 9 rings (SSSR count). The van der Waals surface area contributed by atoms with Crippen LogP contribution < -0.4 is 20.9 Å². The number of aryl methyl sites for hydroxylation is 3. The molecule has 7 aromatic rings. The van der Waals surface area contributed by atoms with Gasteiger partial charge in [-0.3, -0.25) is 9.59 Å². The van der Waals surface area contributed by atoms with Gasteiger partial charge < -0.3 is 9.80 Å². The molecule has 2 aliphatic heterocycles. The van der Waals surface area contributed by atoms with Crippen LogP contribution in [-0.2, 0) is 13.6 Å². The normalized spacial score (nSPS) is 15.3. The van der Waals surface area contributed by atoms with Crippen LogP contribution in [0.15, 0.2) is 82.4 Å². The van der Waals surface area contributed by atoms with E-state index in [4.69, 9.17) is 5.10 Å². The topological polar surface area (TPSA) is 111 Å². The van der Waals surface area contributed by atoms with Crippen molar-refractivity contribution >= 4 is 51.3 Å². The van der Waals surface area contributed by atoms with Crippen LogP contribution >= 0.6 is 0 Å². The number of anilines is 2. The van der Waals surface area contributed by atoms with Crippen molar-refractivity contribution < 1.29 is 0 Å². The van der Waals surface area contributed by atoms with Crippen molar-refractivity contribution in [1.29, 1.82) is 0 Å². The predicted octanol–water partition coefficient (Wildman–Crippen LogP) is 5.94. The molecule has 4 aromatic heterocycles. The molecule has 0 atom stereocenters. The zero-order chi connectivity index (χ0) is 35.8. The maximum atomic E-state index is 12.7. The molecule has 52 heavy (non-hydrogen) atoms. The molecular formula is C40H44N10O2. The standard InChI is InChI=1S/C23H23N5O.C17H21N5O/c1-17-11-12-20-19(16-17)21(29)24-22-27(15-7-10-18-8-3-2-4-9-18)25-23(28(20)22)26-13-5-6-14-26;1-12-7-8-13-14(11-12)22-16(18-15(13)23)20(2)19-17(22)21-9-5-3-4-6-10-21/h2-4,7-12,16H,5-6,13-15H2,1H3;7-8,11H,3-6,9-10H2,1-2H3. The molecular weight excluding hydrogens is 653 g/mol. The van der Waals surface area contributed by atoms with E-state index < -0.39 is 0 Å². The van der Waals surface area contributed by atoms with Gasteiger partial charge in [0, 0.05) is 33.2 Å². The van der Waals surface area contributed by atoms with Crippen LogP contribution in [-0.4, -0.2) is 64.5 Å². The van der Waals surface area contributed by atoms with E-state index in [1.807, 2.05) is 82.9 Å². The lowest BCUT2D eigenvalue weighted by atomic mass is 10.2. The third kappa shape index (κ3) is 6.33. The summed E-state index contributed by atoms with van der Waals surface area (Å²) < 4.78 is 7.62. The van der Waals surface area contributed by atoms with E-state index in [9.17, 15) is 9.59 Å². The summed E-state index contributed by atoms with van der Waals surface area (Å²) in [4.78, 5) is 38.3. The van der Waals surface area contributed by atoms with Crippen LogP contribution in [0.25, 0.3) is 39.4 Å². The summed E-state index contributed by atoms with van der Waals surface area (Å²) in [6, 6.07) is 22.0. The van der Waals surface area contributed by atoms with Crippen LogP contribution in [0.2, 0.25) is 0 Å². The average molecular weight is 697 g/mol. The van der Waals surface area contributed by atoms with Crippen molar-refractivity contribution in [3.8, 4) is 0 Å². The van der Waals surface area contributed by atoms with E-state index >= 15 is 0 Å². The van der Waals surface area contributed by atoms with Crippen molar-refractivity contribution in [2.45, 2.75) is 58.9 Å². The average Bonchev–Trinajstić information content (AvgIpc) is 3.82. The monoisotopic (exact) mass is 696 g/mol. The molecule has 0 bridgehead atoms. The number of allylic oxidation sites excluding steroid dienone is 1. The van der Waals surface area contributed by atoms with Gasteiger partial charge in [-0.25, -0.2) is 18.2 Å². The molecule has 0 N–H and O–H groups in total. The highest BCUT2D eigenvalue weighted by Crippen LogP contribution is 2.25. The molecule has 2 saturated heterocycles. The van der Waals surface area contributed by atoms with Gasteiger partial charge in [0.05, 0.1) is 28.4 Å². The van der Waals surface area contributed by atoms with Crippen LogP contribution in [0.3, 0.4) is 0 Å². The summed E-state index contributed by atoms with van der Waals surface area (Å²) in [5.41, 5.74) is 4.68. The maximum absolute atomic E-state index is 12.7. The maximum Gasteiger partial charge on any atom is 0.282 e. The van der Waals surface area contributed by atoms with Crippen molar-refractivity contribution in [2.75, 3.05) is 36.0 Å². The minimum absolute atomic E-state index is 0.189. The molecule has 12 heteroatoms. The summed E-state index contributed by atoms with van der Waals surface area (Å²) in [5.74, 6) is 2.96. The molecule has 6 heterocycles. The van der Waals surface area contributed by atoms with Gasteiger partial charge in [-0.15, -0.1) is 10.2 Å². The molecule has 0 saturated carbocycles. The zero-order valence-corrected chi connectivity index (χ0v) is 30.1. The molecule has 2 aliphatic rings. The second-order valence-corrected chi connectivity index (χ2v) is 14.0. The summed E-state index contributed by atoms with van der Waals surface area (Å²) >= 11 is 0. The molecule has 0 radical (unpaired) electrons. The van der Waals surface area contributed by atoms with Crippen LogP contribution in [0, 0.1) is 13.8 Å². The van der Waals surface area contributed by atoms with E-state index in [-0.39, 0.29) is 11.1 Å². The van der Waals surface area contributed by atoms with Gasteiger partial charge >= 0.3 is 0 Å². The summed E-state index contributed by atoms with van der Waals surface area (Å²) in [5, 5.41) is 10.8. The van der Waals surface area contributed by atoms with Crippen molar-refractivity contribution in [2.24, 2.45) is 7.05 Å². The molecule has 2 fully saturated rings. The van der Waals surface area contributed by atoms with Gasteiger partial charge in [0.2, 0.25) is 23.5 Å². The van der Waals surface area contributed by atoms with E-state index in [0.717, 1.165) is 78.6 Å². The smallest absolute Gasteiger partial charge is 0.282 e. The fourth-order valence-electron chi connectivity index (χ4n) is 7.42. The Labute approximate surface area is 301 Å². The Balaban J connectivity index is 0.000000153. The lowest BCUT2D eigenvalue weighted by molar-refractivity contribution is 0.712. The quantitative estimate of drug-likeness (QED) is 0.218. The van der Waals surface area contributed by atoms with Gasteiger partial charge in [0.15, 0.2) is 0 Å². The minimum atomic E-state index is -0.204. The third-order valence-corrected chi connectivity index (χ3v) is 10.1. The highest BCUT2D eigenvalue weighted by molar-refractivity contribution is 5.83. The molecule has 3 aromatic carbocycles. The van der Waals surface area contributed by atoms with E-state index in [1.54, 1.807) is 4.68 Å². The number of nitrogens with zero attached hydrogens (tertiary/aromatic N) is 10. The van der Waals surface area contributed by atoms with Crippen molar-refractivity contribution in [1.82, 2.24) is 38.3 Å². The van der Waals surface area contributed by atoms with Gasteiger partial charge in [-0.2, -0.15) is 9.97 Å². The highest BCUT2D eigenvalue weighted by Gasteiger charge is 2.23. The van der Waals surface area contributed by atoms with E-state index in [0.29, 0.717) is 28.9 Å². The van der Waals surface area contributed by atoms with Crippen molar-refractivity contribution in [3.05, 3.63) is 110 Å². The van der Waals surface area contributed by atoms with E-state index in [1.165, 1.54) is 25.7 Å². The zero-order valence-electron chi connectivity index (χ0n) is 30.1. The Morgan fingerprint density at radius 1 is 0.635 bits per heavy atom. The number of fused-ring (bicyclic) bond motifs is 6. The summed E-state index contributed by atoms with van der Waals surface area (Å²) in [7, 11) is 1.85. The number of benzene rings is 3. The lowest BCUT2D eigenvalue weighted by Crippen LogP contribution is -2.26. The van der Waals surface area contributed by atoms with Crippen LogP contribution in [0.5, 0.6) is 0 Å². The first-order valence-electron chi connectivity index (χ1n) is 18.3. The summed E-state index contributed by atoms with van der Waals surface area (Å²) in [6.07, 6.45) is 11.4. The predicted molar refractivity (Wildman–Crippen MR) is 208 cm³/mol. The van der Waals surface area contributed by atoms with E-state index in [2.05, 4.69) is 55.2 Å². The largest absolute Gasteiger partial charge is 0.341 e. The third-order valence-electron chi connectivity index (χ3n) is 10.1. The number of aromatic nitrogens is 8. The summed E-state index contributed by atoms with van der Waals surface area (Å²) in [6.45, 7) is 8.55. The molecule has 12 nitrogen and oxygen atoms in total. The first-order valence-corrected chi connectivity index (χ1v) is 18.3. The number of hydrogen-bond donors (Lipinski definition) is 0. The first-order chi connectivity index (χ1) is 25.4. The van der Waals surface area contributed by atoms with Gasteiger partial charge in [0.25, 0.3) is 11.1 Å². The Bertz CT molecular complexity index is 2550. The van der Waals surface area contributed by atoms with Gasteiger partial charge in [0.1, 0.15) is 0 Å². The Hall–Kier alpha value is -5.78. The van der Waals surface area contributed by atoms with Crippen LogP contribution in [0.1, 0.15) is 55.2 Å². The van der Waals surface area contributed by atoms with Crippen LogP contribution in [0.4, 0.5) is 11.9 Å².